The van der Waals surface area contributed by atoms with Gasteiger partial charge in [0.1, 0.15) is 5.75 Å². The zero-order valence-electron chi connectivity index (χ0n) is 13.4. The number of ether oxygens (including phenoxy) is 1. The van der Waals surface area contributed by atoms with Crippen LogP contribution < -0.4 is 15.4 Å². The van der Waals surface area contributed by atoms with E-state index in [1.54, 1.807) is 29.6 Å². The molecule has 0 aliphatic heterocycles. The van der Waals surface area contributed by atoms with E-state index in [-0.39, 0.29) is 11.3 Å². The first-order chi connectivity index (χ1) is 12.3. The highest BCUT2D eigenvalue weighted by Gasteiger charge is 2.49. The van der Waals surface area contributed by atoms with E-state index in [1.807, 2.05) is 0 Å². The van der Waals surface area contributed by atoms with Crippen LogP contribution in [0.1, 0.15) is 10.4 Å². The first kappa shape index (κ1) is 19.2. The zero-order chi connectivity index (χ0) is 19.3. The van der Waals surface area contributed by atoms with Gasteiger partial charge in [-0.15, -0.1) is 0 Å². The number of carbonyl (C=O) groups excluding carboxylic acids is 2. The first-order valence-electron chi connectivity index (χ1n) is 7.28. The van der Waals surface area contributed by atoms with Gasteiger partial charge < -0.3 is 15.4 Å². The molecule has 5 nitrogen and oxygen atoms in total. The van der Waals surface area contributed by atoms with E-state index < -0.39 is 24.2 Å². The van der Waals surface area contributed by atoms with Crippen molar-refractivity contribution in [2.45, 2.75) is 12.3 Å². The van der Waals surface area contributed by atoms with Gasteiger partial charge >= 0.3 is 18.3 Å². The zero-order valence-corrected chi connectivity index (χ0v) is 13.4. The van der Waals surface area contributed by atoms with Crippen molar-refractivity contribution in [2.24, 2.45) is 0 Å². The van der Waals surface area contributed by atoms with Crippen molar-refractivity contribution >= 4 is 23.2 Å². The second kappa shape index (κ2) is 7.85. The van der Waals surface area contributed by atoms with Crippen LogP contribution in [-0.2, 0) is 4.79 Å². The average Bonchev–Trinajstić information content (AvgIpc) is 2.62. The number of benzene rings is 2. The Bertz CT molecular complexity index is 812. The molecule has 26 heavy (non-hydrogen) atoms. The highest BCUT2D eigenvalue weighted by Crippen LogP contribution is 2.27. The third-order valence-corrected chi connectivity index (χ3v) is 3.35. The van der Waals surface area contributed by atoms with Gasteiger partial charge in [0, 0.05) is 0 Å². The number of methoxy groups -OCH3 is 1. The van der Waals surface area contributed by atoms with Crippen molar-refractivity contribution in [3.05, 3.63) is 54.1 Å². The van der Waals surface area contributed by atoms with Gasteiger partial charge in [-0.2, -0.15) is 8.78 Å². The number of anilines is 2. The smallest absolute Gasteiger partial charge is 0.383 e. The summed E-state index contributed by atoms with van der Waals surface area (Å²) in [4.78, 5) is 23.8. The Balaban J connectivity index is 2.26. The van der Waals surface area contributed by atoms with Crippen molar-refractivity contribution in [3.63, 3.8) is 0 Å². The third kappa shape index (κ3) is 4.11. The molecule has 0 radical (unpaired) electrons. The SMILES string of the molecule is COc1ccccc1NC(=O)c1ccccc1NC(=O)C(F)(F)C(F)F. The second-order valence-corrected chi connectivity index (χ2v) is 5.08. The molecule has 0 saturated carbocycles. The van der Waals surface area contributed by atoms with E-state index in [4.69, 9.17) is 4.74 Å². The Labute approximate surface area is 146 Å². The number of amides is 2. The molecule has 0 aromatic heterocycles. The Kier molecular flexibility index (Phi) is 5.81. The summed E-state index contributed by atoms with van der Waals surface area (Å²) in [6.45, 7) is 0. The van der Waals surface area contributed by atoms with Crippen LogP contribution in [0.2, 0.25) is 0 Å². The number of para-hydroxylation sites is 3. The molecular formula is C17H14F4N2O3. The molecular weight excluding hydrogens is 356 g/mol. The quantitative estimate of drug-likeness (QED) is 0.761. The number of halogens is 4. The summed E-state index contributed by atoms with van der Waals surface area (Å²) in [5, 5.41) is 4.17. The maximum atomic E-state index is 13.1. The van der Waals surface area contributed by atoms with Crippen molar-refractivity contribution in [1.82, 2.24) is 0 Å². The maximum absolute atomic E-state index is 13.1. The molecule has 9 heteroatoms. The third-order valence-electron chi connectivity index (χ3n) is 3.35. The fourth-order valence-electron chi connectivity index (χ4n) is 2.03. The van der Waals surface area contributed by atoms with Crippen LogP contribution in [0.15, 0.2) is 48.5 Å². The van der Waals surface area contributed by atoms with E-state index in [1.165, 1.54) is 25.3 Å². The van der Waals surface area contributed by atoms with Gasteiger partial charge in [-0.05, 0) is 24.3 Å². The topological polar surface area (TPSA) is 67.4 Å². The van der Waals surface area contributed by atoms with Gasteiger partial charge in [0.05, 0.1) is 24.0 Å². The minimum absolute atomic E-state index is 0.183. The molecule has 0 aliphatic rings. The first-order valence-corrected chi connectivity index (χ1v) is 7.28. The minimum atomic E-state index is -4.88. The number of hydrogen-bond donors (Lipinski definition) is 2. The number of carbonyl (C=O) groups is 2. The van der Waals surface area contributed by atoms with Crippen LogP contribution in [0.4, 0.5) is 28.9 Å². The normalized spacial score (nSPS) is 11.2. The fourth-order valence-corrected chi connectivity index (χ4v) is 2.03. The van der Waals surface area contributed by atoms with Crippen LogP contribution in [0.3, 0.4) is 0 Å². The summed E-state index contributed by atoms with van der Waals surface area (Å²) >= 11 is 0. The van der Waals surface area contributed by atoms with Crippen LogP contribution in [0.5, 0.6) is 5.75 Å². The lowest BCUT2D eigenvalue weighted by atomic mass is 10.1. The molecule has 0 heterocycles. The molecule has 2 aromatic rings. The monoisotopic (exact) mass is 370 g/mol. The summed E-state index contributed by atoms with van der Waals surface area (Å²) in [7, 11) is 1.39. The summed E-state index contributed by atoms with van der Waals surface area (Å²) < 4.78 is 55.9. The summed E-state index contributed by atoms with van der Waals surface area (Å²) in [6.07, 6.45) is -4.17. The van der Waals surface area contributed by atoms with E-state index in [0.717, 1.165) is 6.07 Å². The van der Waals surface area contributed by atoms with Crippen LogP contribution in [0.25, 0.3) is 0 Å². The van der Waals surface area contributed by atoms with Crippen molar-refractivity contribution in [1.29, 1.82) is 0 Å². The lowest BCUT2D eigenvalue weighted by Crippen LogP contribution is -2.41. The largest absolute Gasteiger partial charge is 0.495 e. The predicted octanol–water partition coefficient (Wildman–Crippen LogP) is 3.79. The Morgan fingerprint density at radius 1 is 0.962 bits per heavy atom. The Hall–Kier alpha value is -3.10. The van der Waals surface area contributed by atoms with E-state index >= 15 is 0 Å². The average molecular weight is 370 g/mol. The van der Waals surface area contributed by atoms with E-state index in [9.17, 15) is 27.2 Å². The molecule has 2 rings (SSSR count). The molecule has 138 valence electrons. The molecule has 2 aromatic carbocycles. The van der Waals surface area contributed by atoms with Gasteiger partial charge in [0.2, 0.25) is 0 Å². The van der Waals surface area contributed by atoms with Gasteiger partial charge in [0.25, 0.3) is 5.91 Å². The summed E-state index contributed by atoms with van der Waals surface area (Å²) in [5.41, 5.74) is -0.207. The number of rotatable bonds is 6. The molecule has 2 amide bonds. The van der Waals surface area contributed by atoms with Crippen molar-refractivity contribution in [3.8, 4) is 5.75 Å². The molecule has 2 N–H and O–H groups in total. The van der Waals surface area contributed by atoms with E-state index in [2.05, 4.69) is 5.32 Å². The molecule has 0 fully saturated rings. The molecule has 0 aliphatic carbocycles. The fraction of sp³-hybridized carbons (Fsp3) is 0.176. The second-order valence-electron chi connectivity index (χ2n) is 5.08. The number of alkyl halides is 4. The summed E-state index contributed by atoms with van der Waals surface area (Å²) in [5.74, 6) is -7.48. The molecule has 0 atom stereocenters. The number of nitrogens with one attached hydrogen (secondary N) is 2. The molecule has 0 unspecified atom stereocenters. The van der Waals surface area contributed by atoms with Crippen molar-refractivity contribution in [2.75, 3.05) is 17.7 Å². The molecule has 0 saturated heterocycles. The lowest BCUT2D eigenvalue weighted by Gasteiger charge is -2.17. The van der Waals surface area contributed by atoms with Gasteiger partial charge in [-0.1, -0.05) is 24.3 Å². The summed E-state index contributed by atoms with van der Waals surface area (Å²) in [6, 6.07) is 11.6. The Morgan fingerprint density at radius 2 is 1.54 bits per heavy atom. The van der Waals surface area contributed by atoms with Crippen LogP contribution >= 0.6 is 0 Å². The van der Waals surface area contributed by atoms with Crippen molar-refractivity contribution < 1.29 is 31.9 Å². The van der Waals surface area contributed by atoms with Crippen LogP contribution in [0, 0.1) is 0 Å². The lowest BCUT2D eigenvalue weighted by molar-refractivity contribution is -0.163. The Morgan fingerprint density at radius 3 is 2.15 bits per heavy atom. The van der Waals surface area contributed by atoms with Gasteiger partial charge in [-0.3, -0.25) is 9.59 Å². The van der Waals surface area contributed by atoms with Crippen LogP contribution in [-0.4, -0.2) is 31.3 Å². The predicted molar refractivity (Wildman–Crippen MR) is 87.0 cm³/mol. The highest BCUT2D eigenvalue weighted by molar-refractivity contribution is 6.11. The minimum Gasteiger partial charge on any atom is -0.495 e. The van der Waals surface area contributed by atoms with Gasteiger partial charge in [-0.25, -0.2) is 8.78 Å². The van der Waals surface area contributed by atoms with E-state index in [0.29, 0.717) is 11.4 Å². The standard InChI is InChI=1S/C17H14F4N2O3/c1-26-13-9-5-4-8-12(13)22-14(24)10-6-2-3-7-11(10)23-16(25)17(20,21)15(18)19/h2-9,15H,1H3,(H,22,24)(H,23,25). The molecule has 0 spiro atoms. The van der Waals surface area contributed by atoms with Gasteiger partial charge in [0.15, 0.2) is 0 Å². The highest BCUT2D eigenvalue weighted by atomic mass is 19.3. The maximum Gasteiger partial charge on any atom is 0.383 e. The number of hydrogen-bond acceptors (Lipinski definition) is 3. The molecule has 0 bridgehead atoms.